The summed E-state index contributed by atoms with van der Waals surface area (Å²) in [6.07, 6.45) is -3.27. The molecule has 0 fully saturated rings. The summed E-state index contributed by atoms with van der Waals surface area (Å²) in [6, 6.07) is 11.5. The first-order valence-corrected chi connectivity index (χ1v) is 12.3. The van der Waals surface area contributed by atoms with Crippen LogP contribution in [0, 0.1) is 11.6 Å². The molecule has 0 saturated heterocycles. The number of alkyl halides is 3. The number of aromatic hydroxyl groups is 1. The lowest BCUT2D eigenvalue weighted by molar-refractivity contribution is -0.248. The maximum absolute atomic E-state index is 14.4. The number of carbonyl (C=O) groups is 1. The van der Waals surface area contributed by atoms with Gasteiger partial charge in [0.05, 0.1) is 0 Å². The van der Waals surface area contributed by atoms with Crippen molar-refractivity contribution in [1.82, 2.24) is 4.98 Å². The molecule has 1 aromatic heterocycles. The van der Waals surface area contributed by atoms with Crippen LogP contribution in [0.3, 0.4) is 0 Å². The van der Waals surface area contributed by atoms with Gasteiger partial charge in [-0.3, -0.25) is 0 Å². The number of rotatable bonds is 7. The molecule has 196 valence electrons. The van der Waals surface area contributed by atoms with E-state index in [-0.39, 0.29) is 26.7 Å². The second-order valence-electron chi connectivity index (χ2n) is 7.91. The fourth-order valence-electron chi connectivity index (χ4n) is 3.65. The van der Waals surface area contributed by atoms with Gasteiger partial charge in [-0.1, -0.05) is 23.9 Å². The molecule has 0 spiro atoms. The minimum Gasteiger partial charge on any atom is -0.507 e. The minimum absolute atomic E-state index is 0.00813. The summed E-state index contributed by atoms with van der Waals surface area (Å²) in [7, 11) is 0. The molecule has 0 aliphatic carbocycles. The molecule has 1 unspecified atom stereocenters. The number of hydrogen-bond acceptors (Lipinski definition) is 6. The Balaban J connectivity index is 1.71. The number of nitrogens with zero attached hydrogens (tertiary/aromatic N) is 1. The van der Waals surface area contributed by atoms with Crippen LogP contribution in [0.15, 0.2) is 88.1 Å². The van der Waals surface area contributed by atoms with Gasteiger partial charge >= 0.3 is 12.1 Å². The average Bonchev–Trinajstić information content (AvgIpc) is 3.37. The molecule has 0 amide bonds. The molecule has 1 atom stereocenters. The van der Waals surface area contributed by atoms with Gasteiger partial charge in [0.1, 0.15) is 22.4 Å². The third-order valence-corrected chi connectivity index (χ3v) is 7.20. The summed E-state index contributed by atoms with van der Waals surface area (Å²) in [4.78, 5) is 15.2. The molecule has 12 heteroatoms. The summed E-state index contributed by atoms with van der Waals surface area (Å²) in [6.45, 7) is 0. The maximum Gasteiger partial charge on any atom is 0.428 e. The van der Waals surface area contributed by atoms with Crippen LogP contribution in [0.2, 0.25) is 0 Å². The number of carboxylic acid groups (broad SMARTS) is 1. The second-order valence-corrected chi connectivity index (χ2v) is 9.95. The molecule has 0 bridgehead atoms. The zero-order valence-electron chi connectivity index (χ0n) is 18.9. The predicted octanol–water partition coefficient (Wildman–Crippen LogP) is 6.59. The van der Waals surface area contributed by atoms with E-state index in [1.165, 1.54) is 35.7 Å². The van der Waals surface area contributed by atoms with Crippen molar-refractivity contribution >= 4 is 34.6 Å². The van der Waals surface area contributed by atoms with Crippen molar-refractivity contribution in [3.63, 3.8) is 0 Å². The predicted molar refractivity (Wildman–Crippen MR) is 131 cm³/mol. The van der Waals surface area contributed by atoms with Crippen molar-refractivity contribution in [2.24, 2.45) is 0 Å². The van der Waals surface area contributed by atoms with E-state index in [9.17, 15) is 42.1 Å². The first-order chi connectivity index (χ1) is 17.9. The first-order valence-electron chi connectivity index (χ1n) is 10.6. The minimum atomic E-state index is -5.20. The van der Waals surface area contributed by atoms with Crippen LogP contribution in [-0.4, -0.2) is 32.4 Å². The lowest BCUT2D eigenvalue weighted by Crippen LogP contribution is -2.43. The van der Waals surface area contributed by atoms with Crippen molar-refractivity contribution in [3.05, 3.63) is 112 Å². The van der Waals surface area contributed by atoms with Crippen molar-refractivity contribution in [2.45, 2.75) is 21.6 Å². The average molecular weight is 566 g/mol. The van der Waals surface area contributed by atoms with Gasteiger partial charge in [-0.2, -0.15) is 13.2 Å². The van der Waals surface area contributed by atoms with Gasteiger partial charge in [-0.15, -0.1) is 11.3 Å². The van der Waals surface area contributed by atoms with Crippen LogP contribution in [0.4, 0.5) is 22.0 Å². The molecule has 3 aromatic carbocycles. The summed E-state index contributed by atoms with van der Waals surface area (Å²) in [5.74, 6) is -3.26. The van der Waals surface area contributed by atoms with E-state index in [1.807, 2.05) is 0 Å². The van der Waals surface area contributed by atoms with Gasteiger partial charge < -0.3 is 15.3 Å². The van der Waals surface area contributed by atoms with E-state index in [2.05, 4.69) is 4.98 Å². The molecule has 3 N–H and O–H groups in total. The van der Waals surface area contributed by atoms with Crippen LogP contribution in [-0.2, 0) is 10.4 Å². The molecule has 1 heterocycles. The van der Waals surface area contributed by atoms with Crippen LogP contribution >= 0.6 is 23.1 Å². The Kier molecular flexibility index (Phi) is 7.58. The highest BCUT2D eigenvalue weighted by Gasteiger charge is 2.58. The third kappa shape index (κ3) is 5.57. The Labute approximate surface area is 220 Å². The van der Waals surface area contributed by atoms with Crippen LogP contribution in [0.25, 0.3) is 5.57 Å². The summed E-state index contributed by atoms with van der Waals surface area (Å²) >= 11 is 1.37. The van der Waals surface area contributed by atoms with Gasteiger partial charge in [0.2, 0.25) is 5.60 Å². The molecular weight excluding hydrogens is 549 g/mol. The number of phenolic OH excluding ortho intramolecular Hbond substituents is 1. The summed E-state index contributed by atoms with van der Waals surface area (Å²) in [5.41, 5.74) is -3.83. The maximum atomic E-state index is 14.4. The number of phenols is 1. The summed E-state index contributed by atoms with van der Waals surface area (Å²) in [5, 5.41) is 31.2. The van der Waals surface area contributed by atoms with Crippen LogP contribution in [0.5, 0.6) is 5.75 Å². The number of aromatic nitrogens is 1. The molecule has 0 radical (unpaired) electrons. The zero-order chi connectivity index (χ0) is 27.7. The zero-order valence-corrected chi connectivity index (χ0v) is 20.5. The molecule has 0 saturated carbocycles. The normalized spacial score (nSPS) is 13.8. The van der Waals surface area contributed by atoms with Gasteiger partial charge in [0.25, 0.3) is 0 Å². The SMILES string of the molecule is O=C(O)C=C(c1ccc(F)cc1)c1ccc(Sc2cc(F)cc(C(O)(c3nccs3)C(F)(F)F)c2)cc1O. The summed E-state index contributed by atoms with van der Waals surface area (Å²) < 4.78 is 69.6. The molecule has 0 aliphatic rings. The van der Waals surface area contributed by atoms with Gasteiger partial charge in [0.15, 0.2) is 0 Å². The fraction of sp³-hybridized carbons (Fsp3) is 0.0769. The fourth-order valence-corrected chi connectivity index (χ4v) is 5.36. The standard InChI is InChI=1S/C26H16F5NO4S2/c27-16-3-1-14(2-4-16)21(13-23(34)35)20-6-5-18(12-22(20)33)38-19-10-15(9-17(28)11-19)25(36,26(29,30)31)24-32-7-8-37-24/h1-13,33,36H,(H,34,35). The van der Waals surface area contributed by atoms with Crippen molar-refractivity contribution in [1.29, 1.82) is 0 Å². The molecule has 38 heavy (non-hydrogen) atoms. The molecular formula is C26H16F5NO4S2. The number of halogens is 5. The largest absolute Gasteiger partial charge is 0.507 e. The third-order valence-electron chi connectivity index (χ3n) is 5.36. The van der Waals surface area contributed by atoms with Crippen LogP contribution in [0.1, 0.15) is 21.7 Å². The molecule has 5 nitrogen and oxygen atoms in total. The Bertz CT molecular complexity index is 1510. The van der Waals surface area contributed by atoms with E-state index < -0.39 is 40.0 Å². The highest BCUT2D eigenvalue weighted by atomic mass is 32.2. The first kappa shape index (κ1) is 27.3. The van der Waals surface area contributed by atoms with Crippen molar-refractivity contribution in [3.8, 4) is 5.75 Å². The van der Waals surface area contributed by atoms with Gasteiger partial charge in [0, 0.05) is 38.6 Å². The number of aliphatic carboxylic acids is 1. The Morgan fingerprint density at radius 2 is 1.66 bits per heavy atom. The number of thiazole rings is 1. The van der Waals surface area contributed by atoms with E-state index in [0.29, 0.717) is 23.0 Å². The highest BCUT2D eigenvalue weighted by Crippen LogP contribution is 2.46. The Hall–Kier alpha value is -3.74. The number of aliphatic hydroxyl groups is 1. The highest BCUT2D eigenvalue weighted by molar-refractivity contribution is 7.99. The Morgan fingerprint density at radius 3 is 2.24 bits per heavy atom. The van der Waals surface area contributed by atoms with E-state index in [4.69, 9.17) is 0 Å². The van der Waals surface area contributed by atoms with Gasteiger partial charge in [-0.25, -0.2) is 18.6 Å². The number of benzene rings is 3. The lowest BCUT2D eigenvalue weighted by atomic mass is 9.93. The Morgan fingerprint density at radius 1 is 0.947 bits per heavy atom. The number of hydrogen-bond donors (Lipinski definition) is 3. The molecule has 4 rings (SSSR count). The second kappa shape index (κ2) is 10.6. The van der Waals surface area contributed by atoms with Gasteiger partial charge in [-0.05, 0) is 59.7 Å². The van der Waals surface area contributed by atoms with E-state index >= 15 is 0 Å². The van der Waals surface area contributed by atoms with Crippen LogP contribution < -0.4 is 0 Å². The lowest BCUT2D eigenvalue weighted by Gasteiger charge is -2.29. The van der Waals surface area contributed by atoms with Crippen molar-refractivity contribution in [2.75, 3.05) is 0 Å². The van der Waals surface area contributed by atoms with E-state index in [1.54, 1.807) is 0 Å². The molecule has 0 aliphatic heterocycles. The monoisotopic (exact) mass is 565 g/mol. The number of carboxylic acids is 1. The van der Waals surface area contributed by atoms with Crippen molar-refractivity contribution < 1.29 is 42.1 Å². The topological polar surface area (TPSA) is 90.7 Å². The molecule has 4 aromatic rings. The van der Waals surface area contributed by atoms with E-state index in [0.717, 1.165) is 48.3 Å². The smallest absolute Gasteiger partial charge is 0.428 e. The quantitative estimate of drug-likeness (QED) is 0.173.